The first-order chi connectivity index (χ1) is 13.0. The van der Waals surface area contributed by atoms with Gasteiger partial charge in [0.05, 0.1) is 19.5 Å². The fourth-order valence-corrected chi connectivity index (χ4v) is 3.18. The zero-order valence-corrected chi connectivity index (χ0v) is 16.0. The van der Waals surface area contributed by atoms with E-state index in [0.717, 1.165) is 31.4 Å². The van der Waals surface area contributed by atoms with Gasteiger partial charge < -0.3 is 19.7 Å². The molecule has 1 aromatic carbocycles. The van der Waals surface area contributed by atoms with Crippen LogP contribution >= 0.6 is 0 Å². The van der Waals surface area contributed by atoms with Crippen LogP contribution in [0.1, 0.15) is 36.0 Å². The van der Waals surface area contributed by atoms with Gasteiger partial charge in [0.25, 0.3) is 5.91 Å². The van der Waals surface area contributed by atoms with Gasteiger partial charge in [-0.1, -0.05) is 6.07 Å². The molecule has 0 spiro atoms. The highest BCUT2D eigenvalue weighted by Crippen LogP contribution is 2.24. The third-order valence-corrected chi connectivity index (χ3v) is 4.72. The molecule has 2 aromatic rings. The molecule has 0 aliphatic heterocycles. The van der Waals surface area contributed by atoms with E-state index in [1.165, 1.54) is 0 Å². The Hall–Kier alpha value is -2.83. The van der Waals surface area contributed by atoms with E-state index in [1.807, 2.05) is 43.3 Å². The second kappa shape index (κ2) is 8.70. The van der Waals surface area contributed by atoms with Crippen LogP contribution in [-0.2, 0) is 0 Å². The Balaban J connectivity index is 1.50. The van der Waals surface area contributed by atoms with Crippen molar-refractivity contribution in [2.24, 2.45) is 0 Å². The number of benzene rings is 1. The Kier molecular flexibility index (Phi) is 6.11. The Morgan fingerprint density at radius 2 is 1.89 bits per heavy atom. The number of anilines is 1. The smallest absolute Gasteiger partial charge is 0.251 e. The second-order valence-electron chi connectivity index (χ2n) is 6.91. The SMILES string of the molecule is COc1cncc(OC2CCC(NC(=O)c3cccc(N(C)C)c3)CC2)n1. The number of hydrogen-bond acceptors (Lipinski definition) is 6. The predicted octanol–water partition coefficient (Wildman–Crippen LogP) is 2.67. The number of aromatic nitrogens is 2. The standard InChI is InChI=1S/C20H26N4O3/c1-24(2)16-6-4-5-14(11-16)20(25)22-15-7-9-17(10-8-15)27-19-13-21-12-18(23-19)26-3/h4-6,11-13,15,17H,7-10H2,1-3H3,(H,22,25). The van der Waals surface area contributed by atoms with E-state index in [1.54, 1.807) is 19.5 Å². The summed E-state index contributed by atoms with van der Waals surface area (Å²) in [5.74, 6) is 0.887. The summed E-state index contributed by atoms with van der Waals surface area (Å²) in [6, 6.07) is 7.81. The van der Waals surface area contributed by atoms with Crippen molar-refractivity contribution >= 4 is 11.6 Å². The van der Waals surface area contributed by atoms with Crippen molar-refractivity contribution in [2.75, 3.05) is 26.1 Å². The number of carbonyl (C=O) groups is 1. The fourth-order valence-electron chi connectivity index (χ4n) is 3.18. The molecule has 1 N–H and O–H groups in total. The summed E-state index contributed by atoms with van der Waals surface area (Å²) >= 11 is 0. The van der Waals surface area contributed by atoms with E-state index >= 15 is 0 Å². The minimum atomic E-state index is -0.0262. The molecule has 1 aromatic heterocycles. The quantitative estimate of drug-likeness (QED) is 0.842. The monoisotopic (exact) mass is 370 g/mol. The predicted molar refractivity (Wildman–Crippen MR) is 103 cm³/mol. The van der Waals surface area contributed by atoms with E-state index < -0.39 is 0 Å². The highest BCUT2D eigenvalue weighted by molar-refractivity contribution is 5.95. The second-order valence-corrected chi connectivity index (χ2v) is 6.91. The molecule has 27 heavy (non-hydrogen) atoms. The Morgan fingerprint density at radius 3 is 2.59 bits per heavy atom. The van der Waals surface area contributed by atoms with Crippen LogP contribution in [0.15, 0.2) is 36.7 Å². The van der Waals surface area contributed by atoms with Gasteiger partial charge in [-0.05, 0) is 43.9 Å². The minimum absolute atomic E-state index is 0.0262. The number of hydrogen-bond donors (Lipinski definition) is 1. The van der Waals surface area contributed by atoms with Gasteiger partial charge in [0.2, 0.25) is 11.8 Å². The van der Waals surface area contributed by atoms with Gasteiger partial charge in [-0.25, -0.2) is 0 Å². The van der Waals surface area contributed by atoms with Crippen LogP contribution in [0, 0.1) is 0 Å². The minimum Gasteiger partial charge on any atom is -0.480 e. The van der Waals surface area contributed by atoms with E-state index in [-0.39, 0.29) is 18.1 Å². The van der Waals surface area contributed by atoms with Gasteiger partial charge in [-0.15, -0.1) is 0 Å². The molecule has 1 aliphatic rings. The van der Waals surface area contributed by atoms with Crippen LogP contribution in [-0.4, -0.2) is 49.2 Å². The molecule has 1 aliphatic carbocycles. The van der Waals surface area contributed by atoms with Crippen molar-refractivity contribution in [1.82, 2.24) is 15.3 Å². The molecule has 1 heterocycles. The Bertz CT molecular complexity index is 773. The molecule has 0 bridgehead atoms. The lowest BCUT2D eigenvalue weighted by Crippen LogP contribution is -2.39. The number of carbonyl (C=O) groups excluding carboxylic acids is 1. The summed E-state index contributed by atoms with van der Waals surface area (Å²) in [4.78, 5) is 22.8. The average molecular weight is 370 g/mol. The largest absolute Gasteiger partial charge is 0.480 e. The molecule has 0 atom stereocenters. The van der Waals surface area contributed by atoms with Crippen LogP contribution in [0.25, 0.3) is 0 Å². The van der Waals surface area contributed by atoms with Crippen LogP contribution < -0.4 is 19.7 Å². The topological polar surface area (TPSA) is 76.6 Å². The van der Waals surface area contributed by atoms with Crippen molar-refractivity contribution in [2.45, 2.75) is 37.8 Å². The summed E-state index contributed by atoms with van der Waals surface area (Å²) in [7, 11) is 5.48. The van der Waals surface area contributed by atoms with Gasteiger partial charge in [-0.2, -0.15) is 4.98 Å². The zero-order chi connectivity index (χ0) is 19.2. The number of ether oxygens (including phenoxy) is 2. The van der Waals surface area contributed by atoms with Crippen molar-refractivity contribution in [3.05, 3.63) is 42.2 Å². The Labute approximate surface area is 159 Å². The first-order valence-electron chi connectivity index (χ1n) is 9.16. The Morgan fingerprint density at radius 1 is 1.15 bits per heavy atom. The third-order valence-electron chi connectivity index (χ3n) is 4.72. The van der Waals surface area contributed by atoms with Crippen LogP contribution in [0.2, 0.25) is 0 Å². The maximum absolute atomic E-state index is 12.5. The molecule has 3 rings (SSSR count). The van der Waals surface area contributed by atoms with Gasteiger partial charge in [0.15, 0.2) is 0 Å². The van der Waals surface area contributed by atoms with E-state index in [4.69, 9.17) is 9.47 Å². The van der Waals surface area contributed by atoms with Crippen molar-refractivity contribution < 1.29 is 14.3 Å². The number of amides is 1. The number of rotatable bonds is 6. The van der Waals surface area contributed by atoms with Crippen molar-refractivity contribution in [1.29, 1.82) is 0 Å². The van der Waals surface area contributed by atoms with Gasteiger partial charge >= 0.3 is 0 Å². The summed E-state index contributed by atoms with van der Waals surface area (Å²) < 4.78 is 11.0. The molecule has 144 valence electrons. The lowest BCUT2D eigenvalue weighted by Gasteiger charge is -2.29. The molecular formula is C20H26N4O3. The molecule has 0 unspecified atom stereocenters. The van der Waals surface area contributed by atoms with E-state index in [9.17, 15) is 4.79 Å². The lowest BCUT2D eigenvalue weighted by molar-refractivity contribution is 0.0889. The summed E-state index contributed by atoms with van der Waals surface area (Å²) in [5.41, 5.74) is 1.70. The normalized spacial score (nSPS) is 19.2. The highest BCUT2D eigenvalue weighted by atomic mass is 16.5. The average Bonchev–Trinajstić information content (AvgIpc) is 2.69. The highest BCUT2D eigenvalue weighted by Gasteiger charge is 2.24. The molecule has 0 saturated heterocycles. The molecular weight excluding hydrogens is 344 g/mol. The maximum Gasteiger partial charge on any atom is 0.251 e. The number of nitrogens with one attached hydrogen (secondary N) is 1. The summed E-state index contributed by atoms with van der Waals surface area (Å²) in [6.45, 7) is 0. The molecule has 1 fully saturated rings. The van der Waals surface area contributed by atoms with E-state index in [0.29, 0.717) is 17.3 Å². The van der Waals surface area contributed by atoms with Gasteiger partial charge in [-0.3, -0.25) is 9.78 Å². The molecule has 7 heteroatoms. The summed E-state index contributed by atoms with van der Waals surface area (Å²) in [6.07, 6.45) is 6.70. The fraction of sp³-hybridized carbons (Fsp3) is 0.450. The number of nitrogens with zero attached hydrogens (tertiary/aromatic N) is 3. The molecule has 0 radical (unpaired) electrons. The summed E-state index contributed by atoms with van der Waals surface area (Å²) in [5, 5.41) is 3.14. The maximum atomic E-state index is 12.5. The van der Waals surface area contributed by atoms with E-state index in [2.05, 4.69) is 15.3 Å². The van der Waals surface area contributed by atoms with Crippen LogP contribution in [0.3, 0.4) is 0 Å². The van der Waals surface area contributed by atoms with Gasteiger partial charge in [0.1, 0.15) is 6.10 Å². The van der Waals surface area contributed by atoms with Gasteiger partial charge in [0, 0.05) is 31.4 Å². The zero-order valence-electron chi connectivity index (χ0n) is 16.0. The first-order valence-corrected chi connectivity index (χ1v) is 9.16. The third kappa shape index (κ3) is 5.09. The molecule has 1 saturated carbocycles. The molecule has 7 nitrogen and oxygen atoms in total. The lowest BCUT2D eigenvalue weighted by atomic mass is 9.92. The number of methoxy groups -OCH3 is 1. The first kappa shape index (κ1) is 18.9. The molecule has 1 amide bonds. The van der Waals surface area contributed by atoms with Crippen LogP contribution in [0.5, 0.6) is 11.8 Å². The van der Waals surface area contributed by atoms with Crippen LogP contribution in [0.4, 0.5) is 5.69 Å². The van der Waals surface area contributed by atoms with Crippen molar-refractivity contribution in [3.63, 3.8) is 0 Å². The van der Waals surface area contributed by atoms with Crippen molar-refractivity contribution in [3.8, 4) is 11.8 Å².